The fourth-order valence-electron chi connectivity index (χ4n) is 1.26. The van der Waals surface area contributed by atoms with Crippen LogP contribution < -0.4 is 4.90 Å². The quantitative estimate of drug-likeness (QED) is 0.822. The molecule has 0 spiro atoms. The number of aromatic nitrogens is 2. The SMILES string of the molecule is CC(C)C(C)N(C)c1cc(Cl)nnc1Cl. The minimum Gasteiger partial charge on any atom is -0.369 e. The number of hydrogen-bond donors (Lipinski definition) is 0. The van der Waals surface area contributed by atoms with Crippen LogP contribution >= 0.6 is 23.2 Å². The van der Waals surface area contributed by atoms with Crippen LogP contribution in [0.2, 0.25) is 10.3 Å². The van der Waals surface area contributed by atoms with Gasteiger partial charge >= 0.3 is 0 Å². The van der Waals surface area contributed by atoms with Crippen molar-refractivity contribution in [2.24, 2.45) is 5.92 Å². The van der Waals surface area contributed by atoms with E-state index in [-0.39, 0.29) is 0 Å². The van der Waals surface area contributed by atoms with Crippen molar-refractivity contribution in [1.29, 1.82) is 0 Å². The molecule has 0 saturated carbocycles. The first kappa shape index (κ1) is 12.5. The molecule has 0 aliphatic rings. The highest BCUT2D eigenvalue weighted by Crippen LogP contribution is 2.27. The van der Waals surface area contributed by atoms with Gasteiger partial charge in [-0.25, -0.2) is 0 Å². The summed E-state index contributed by atoms with van der Waals surface area (Å²) in [6, 6.07) is 2.10. The molecular formula is C10H15Cl2N3. The molecule has 1 unspecified atom stereocenters. The van der Waals surface area contributed by atoms with Crippen LogP contribution in [0.15, 0.2) is 6.07 Å². The Labute approximate surface area is 100 Å². The van der Waals surface area contributed by atoms with E-state index in [4.69, 9.17) is 23.2 Å². The van der Waals surface area contributed by atoms with Crippen molar-refractivity contribution >= 4 is 28.9 Å². The molecule has 1 aromatic rings. The Kier molecular flexibility index (Phi) is 4.17. The smallest absolute Gasteiger partial charge is 0.175 e. The van der Waals surface area contributed by atoms with Gasteiger partial charge in [-0.1, -0.05) is 37.0 Å². The summed E-state index contributed by atoms with van der Waals surface area (Å²) in [5.74, 6) is 0.526. The van der Waals surface area contributed by atoms with Crippen LogP contribution in [-0.2, 0) is 0 Å². The van der Waals surface area contributed by atoms with Crippen molar-refractivity contribution in [3.63, 3.8) is 0 Å². The van der Waals surface area contributed by atoms with E-state index in [1.807, 2.05) is 7.05 Å². The highest BCUT2D eigenvalue weighted by atomic mass is 35.5. The monoisotopic (exact) mass is 247 g/mol. The summed E-state index contributed by atoms with van der Waals surface area (Å²) >= 11 is 11.8. The molecule has 0 radical (unpaired) electrons. The molecule has 3 nitrogen and oxygen atoms in total. The molecule has 1 heterocycles. The van der Waals surface area contributed by atoms with Gasteiger partial charge in [0.1, 0.15) is 0 Å². The normalized spacial score (nSPS) is 13.0. The van der Waals surface area contributed by atoms with Gasteiger partial charge < -0.3 is 4.90 Å². The fraction of sp³-hybridized carbons (Fsp3) is 0.600. The number of hydrogen-bond acceptors (Lipinski definition) is 3. The number of anilines is 1. The largest absolute Gasteiger partial charge is 0.369 e. The van der Waals surface area contributed by atoms with Crippen molar-refractivity contribution < 1.29 is 0 Å². The minimum atomic E-state index is 0.359. The Balaban J connectivity index is 2.99. The van der Waals surface area contributed by atoms with Gasteiger partial charge in [0.25, 0.3) is 0 Å². The van der Waals surface area contributed by atoms with Crippen LogP contribution in [0.5, 0.6) is 0 Å². The number of nitrogens with zero attached hydrogens (tertiary/aromatic N) is 3. The van der Waals surface area contributed by atoms with E-state index in [1.54, 1.807) is 6.07 Å². The van der Waals surface area contributed by atoms with Gasteiger partial charge in [0.2, 0.25) is 0 Å². The van der Waals surface area contributed by atoms with Gasteiger partial charge in [0.05, 0.1) is 5.69 Å². The lowest BCUT2D eigenvalue weighted by molar-refractivity contribution is 0.505. The zero-order chi connectivity index (χ0) is 11.6. The van der Waals surface area contributed by atoms with Gasteiger partial charge in [-0.3, -0.25) is 0 Å². The summed E-state index contributed by atoms with van der Waals surface area (Å²) in [6.07, 6.45) is 0. The summed E-state index contributed by atoms with van der Waals surface area (Å²) < 4.78 is 0. The molecule has 15 heavy (non-hydrogen) atoms. The van der Waals surface area contributed by atoms with Crippen LogP contribution in [0, 0.1) is 5.92 Å². The molecule has 1 aromatic heterocycles. The number of rotatable bonds is 3. The molecule has 84 valence electrons. The molecule has 0 aliphatic carbocycles. The van der Waals surface area contributed by atoms with E-state index in [1.165, 1.54) is 0 Å². The Morgan fingerprint density at radius 3 is 2.33 bits per heavy atom. The van der Waals surface area contributed by atoms with E-state index in [2.05, 4.69) is 35.9 Å². The molecule has 0 N–H and O–H groups in total. The average molecular weight is 248 g/mol. The standard InChI is InChI=1S/C10H15Cl2N3/c1-6(2)7(3)15(4)8-5-9(11)13-14-10(8)12/h5-7H,1-4H3. The van der Waals surface area contributed by atoms with E-state index >= 15 is 0 Å². The second kappa shape index (κ2) is 4.99. The predicted molar refractivity (Wildman–Crippen MR) is 64.8 cm³/mol. The van der Waals surface area contributed by atoms with Crippen molar-refractivity contribution in [3.05, 3.63) is 16.4 Å². The Morgan fingerprint density at radius 2 is 1.80 bits per heavy atom. The second-order valence-corrected chi connectivity index (χ2v) is 4.68. The van der Waals surface area contributed by atoms with E-state index in [0.29, 0.717) is 22.3 Å². The summed E-state index contributed by atoms with van der Waals surface area (Å²) in [5, 5.41) is 8.21. The second-order valence-electron chi connectivity index (χ2n) is 3.94. The van der Waals surface area contributed by atoms with Crippen LogP contribution in [-0.4, -0.2) is 23.3 Å². The Hall–Kier alpha value is -0.540. The first-order valence-electron chi connectivity index (χ1n) is 4.85. The van der Waals surface area contributed by atoms with Gasteiger partial charge in [-0.05, 0) is 12.8 Å². The van der Waals surface area contributed by atoms with Crippen molar-refractivity contribution in [2.75, 3.05) is 11.9 Å². The first-order valence-corrected chi connectivity index (χ1v) is 5.60. The maximum absolute atomic E-state index is 5.97. The van der Waals surface area contributed by atoms with Gasteiger partial charge in [-0.15, -0.1) is 10.2 Å². The van der Waals surface area contributed by atoms with Gasteiger partial charge in [-0.2, -0.15) is 0 Å². The average Bonchev–Trinajstić information content (AvgIpc) is 2.19. The minimum absolute atomic E-state index is 0.359. The molecule has 5 heteroatoms. The number of halogens is 2. The summed E-state index contributed by atoms with van der Waals surface area (Å²) in [4.78, 5) is 2.06. The zero-order valence-corrected chi connectivity index (χ0v) is 10.8. The molecule has 0 saturated heterocycles. The first-order chi connectivity index (χ1) is 6.93. The molecule has 0 amide bonds. The molecule has 0 aliphatic heterocycles. The Morgan fingerprint density at radius 1 is 1.20 bits per heavy atom. The van der Waals surface area contributed by atoms with Crippen LogP contribution in [0.25, 0.3) is 0 Å². The van der Waals surface area contributed by atoms with Crippen molar-refractivity contribution in [3.8, 4) is 0 Å². The van der Waals surface area contributed by atoms with Crippen molar-refractivity contribution in [2.45, 2.75) is 26.8 Å². The zero-order valence-electron chi connectivity index (χ0n) is 9.33. The van der Waals surface area contributed by atoms with Crippen LogP contribution in [0.4, 0.5) is 5.69 Å². The van der Waals surface area contributed by atoms with Gasteiger partial charge in [0.15, 0.2) is 10.3 Å². The third kappa shape index (κ3) is 2.95. The third-order valence-electron chi connectivity index (χ3n) is 2.66. The Bertz CT molecular complexity index is 341. The molecular weight excluding hydrogens is 233 g/mol. The lowest BCUT2D eigenvalue weighted by atomic mass is 10.1. The highest BCUT2D eigenvalue weighted by Gasteiger charge is 2.17. The van der Waals surface area contributed by atoms with E-state index in [9.17, 15) is 0 Å². The molecule has 0 bridgehead atoms. The molecule has 0 fully saturated rings. The molecule has 1 atom stereocenters. The summed E-state index contributed by atoms with van der Waals surface area (Å²) in [7, 11) is 1.98. The summed E-state index contributed by atoms with van der Waals surface area (Å²) in [5.41, 5.74) is 0.817. The highest BCUT2D eigenvalue weighted by molar-refractivity contribution is 6.33. The topological polar surface area (TPSA) is 29.0 Å². The fourth-order valence-corrected chi connectivity index (χ4v) is 1.62. The van der Waals surface area contributed by atoms with E-state index in [0.717, 1.165) is 5.69 Å². The maximum atomic E-state index is 5.97. The van der Waals surface area contributed by atoms with E-state index < -0.39 is 0 Å². The lowest BCUT2D eigenvalue weighted by Gasteiger charge is -2.30. The predicted octanol–water partition coefficient (Wildman–Crippen LogP) is 3.26. The van der Waals surface area contributed by atoms with Crippen LogP contribution in [0.3, 0.4) is 0 Å². The van der Waals surface area contributed by atoms with Gasteiger partial charge in [0, 0.05) is 19.2 Å². The maximum Gasteiger partial charge on any atom is 0.175 e. The third-order valence-corrected chi connectivity index (χ3v) is 3.11. The lowest BCUT2D eigenvalue weighted by Crippen LogP contribution is -2.33. The van der Waals surface area contributed by atoms with Crippen LogP contribution in [0.1, 0.15) is 20.8 Å². The van der Waals surface area contributed by atoms with Crippen molar-refractivity contribution in [1.82, 2.24) is 10.2 Å². The molecule has 0 aromatic carbocycles. The summed E-state index contributed by atoms with van der Waals surface area (Å²) in [6.45, 7) is 6.45. The molecule has 1 rings (SSSR count).